The SMILES string of the molecule is NC(=O)[C@@H](CCCN=C(N)N)N(Cc1ccc(O)cc1)C(=O)c1cc2cc(OCCc3ccccc3)ccc2[nH]1. The van der Waals surface area contributed by atoms with E-state index >= 15 is 0 Å². The van der Waals surface area contributed by atoms with Gasteiger partial charge in [-0.05, 0) is 60.4 Å². The Balaban J connectivity index is 1.54. The molecule has 0 radical (unpaired) electrons. The third-order valence-corrected chi connectivity index (χ3v) is 6.51. The van der Waals surface area contributed by atoms with Crippen LogP contribution in [-0.2, 0) is 17.8 Å². The predicted octanol–water partition coefficient (Wildman–Crippen LogP) is 3.04. The molecule has 8 N–H and O–H groups in total. The van der Waals surface area contributed by atoms with E-state index in [4.69, 9.17) is 21.9 Å². The van der Waals surface area contributed by atoms with E-state index in [0.29, 0.717) is 31.0 Å². The van der Waals surface area contributed by atoms with Gasteiger partial charge in [0, 0.05) is 30.4 Å². The molecule has 1 atom stereocenters. The zero-order chi connectivity index (χ0) is 28.5. The summed E-state index contributed by atoms with van der Waals surface area (Å²) in [4.78, 5) is 34.9. The van der Waals surface area contributed by atoms with Gasteiger partial charge in [-0.1, -0.05) is 42.5 Å². The van der Waals surface area contributed by atoms with Gasteiger partial charge in [0.25, 0.3) is 5.91 Å². The van der Waals surface area contributed by atoms with Crippen molar-refractivity contribution in [2.24, 2.45) is 22.2 Å². The van der Waals surface area contributed by atoms with Crippen LogP contribution in [0.1, 0.15) is 34.5 Å². The maximum atomic E-state index is 13.8. The number of benzene rings is 3. The van der Waals surface area contributed by atoms with Crippen LogP contribution in [0.25, 0.3) is 10.9 Å². The van der Waals surface area contributed by atoms with Crippen molar-refractivity contribution in [3.05, 3.63) is 95.7 Å². The molecular formula is C30H34N6O4. The molecule has 1 aromatic heterocycles. The minimum atomic E-state index is -0.904. The lowest BCUT2D eigenvalue weighted by Crippen LogP contribution is -2.47. The topological polar surface area (TPSA) is 173 Å². The van der Waals surface area contributed by atoms with Gasteiger partial charge < -0.3 is 36.9 Å². The van der Waals surface area contributed by atoms with Gasteiger partial charge in [0.1, 0.15) is 23.2 Å². The van der Waals surface area contributed by atoms with Gasteiger partial charge in [0.05, 0.1) is 6.61 Å². The number of nitrogens with zero attached hydrogens (tertiary/aromatic N) is 2. The average molecular weight is 543 g/mol. The van der Waals surface area contributed by atoms with Crippen LogP contribution in [0.15, 0.2) is 83.9 Å². The third-order valence-electron chi connectivity index (χ3n) is 6.51. The number of hydrogen-bond acceptors (Lipinski definition) is 5. The summed E-state index contributed by atoms with van der Waals surface area (Å²) in [7, 11) is 0. The lowest BCUT2D eigenvalue weighted by atomic mass is 10.1. The summed E-state index contributed by atoms with van der Waals surface area (Å²) in [5.41, 5.74) is 19.6. The van der Waals surface area contributed by atoms with Crippen LogP contribution in [0.5, 0.6) is 11.5 Å². The Labute approximate surface area is 232 Å². The molecule has 0 spiro atoms. The number of hydrogen-bond donors (Lipinski definition) is 5. The van der Waals surface area contributed by atoms with Gasteiger partial charge in [-0.25, -0.2) is 0 Å². The Kier molecular flexibility index (Phi) is 9.24. The molecule has 0 aliphatic rings. The molecule has 1 heterocycles. The molecule has 0 aliphatic carbocycles. The largest absolute Gasteiger partial charge is 0.508 e. The Bertz CT molecular complexity index is 1460. The Hall–Kier alpha value is -4.99. The van der Waals surface area contributed by atoms with Crippen LogP contribution in [-0.4, -0.2) is 52.0 Å². The quantitative estimate of drug-likeness (QED) is 0.0986. The van der Waals surface area contributed by atoms with Gasteiger partial charge in [0.15, 0.2) is 5.96 Å². The average Bonchev–Trinajstić information content (AvgIpc) is 3.37. The number of aromatic nitrogens is 1. The summed E-state index contributed by atoms with van der Waals surface area (Å²) in [5.74, 6) is -0.280. The highest BCUT2D eigenvalue weighted by Crippen LogP contribution is 2.25. The Morgan fingerprint density at radius 1 is 0.950 bits per heavy atom. The minimum Gasteiger partial charge on any atom is -0.508 e. The molecule has 40 heavy (non-hydrogen) atoms. The molecule has 10 nitrogen and oxygen atoms in total. The molecular weight excluding hydrogens is 508 g/mol. The second-order valence-corrected chi connectivity index (χ2v) is 9.48. The maximum Gasteiger partial charge on any atom is 0.271 e. The van der Waals surface area contributed by atoms with E-state index in [1.54, 1.807) is 18.2 Å². The van der Waals surface area contributed by atoms with Crippen molar-refractivity contribution in [2.45, 2.75) is 31.8 Å². The molecule has 208 valence electrons. The van der Waals surface area contributed by atoms with E-state index in [2.05, 4.69) is 22.1 Å². The van der Waals surface area contributed by atoms with Crippen molar-refractivity contribution in [3.63, 3.8) is 0 Å². The number of carbonyl (C=O) groups excluding carboxylic acids is 2. The van der Waals surface area contributed by atoms with E-state index in [1.165, 1.54) is 22.6 Å². The van der Waals surface area contributed by atoms with Gasteiger partial charge in [-0.15, -0.1) is 0 Å². The number of aromatic amines is 1. The summed E-state index contributed by atoms with van der Waals surface area (Å²) in [6.07, 6.45) is 1.50. The van der Waals surface area contributed by atoms with Gasteiger partial charge >= 0.3 is 0 Å². The monoisotopic (exact) mass is 542 g/mol. The highest BCUT2D eigenvalue weighted by molar-refractivity contribution is 6.00. The number of rotatable bonds is 13. The molecule has 2 amide bonds. The zero-order valence-electron chi connectivity index (χ0n) is 22.1. The number of guanidine groups is 1. The minimum absolute atomic E-state index is 0.0471. The van der Waals surface area contributed by atoms with E-state index < -0.39 is 11.9 Å². The van der Waals surface area contributed by atoms with Gasteiger partial charge in [0.2, 0.25) is 5.91 Å². The number of phenolic OH excluding ortho intramolecular Hbond substituents is 1. The first kappa shape index (κ1) is 28.0. The standard InChI is InChI=1S/C30H34N6O4/c31-28(38)27(7-4-15-34-30(32)33)36(19-21-8-10-23(37)11-9-21)29(39)26-18-22-17-24(12-13-25(22)35-26)40-16-14-20-5-2-1-3-6-20/h1-3,5-6,8-13,17-18,27,35,37H,4,7,14-16,19H2,(H2,31,38)(H4,32,33,34)/t27-/m1/s1. The molecule has 4 aromatic rings. The highest BCUT2D eigenvalue weighted by Gasteiger charge is 2.30. The second-order valence-electron chi connectivity index (χ2n) is 9.48. The third kappa shape index (κ3) is 7.53. The van der Waals surface area contributed by atoms with E-state index in [0.717, 1.165) is 22.9 Å². The number of fused-ring (bicyclic) bond motifs is 1. The number of H-pyrrole nitrogens is 1. The first-order chi connectivity index (χ1) is 19.3. The van der Waals surface area contributed by atoms with E-state index in [-0.39, 0.29) is 30.6 Å². The van der Waals surface area contributed by atoms with Crippen molar-refractivity contribution in [2.75, 3.05) is 13.2 Å². The fourth-order valence-electron chi connectivity index (χ4n) is 4.47. The van der Waals surface area contributed by atoms with E-state index in [1.807, 2.05) is 36.4 Å². The normalized spacial score (nSPS) is 11.6. The molecule has 0 bridgehead atoms. The van der Waals surface area contributed by atoms with Crippen LogP contribution in [0.2, 0.25) is 0 Å². The van der Waals surface area contributed by atoms with E-state index in [9.17, 15) is 14.7 Å². The first-order valence-corrected chi connectivity index (χ1v) is 13.0. The second kappa shape index (κ2) is 13.2. The molecule has 10 heteroatoms. The number of phenols is 1. The van der Waals surface area contributed by atoms with Crippen molar-refractivity contribution < 1.29 is 19.4 Å². The van der Waals surface area contributed by atoms with Crippen LogP contribution < -0.4 is 21.9 Å². The maximum absolute atomic E-state index is 13.8. The molecule has 4 rings (SSSR count). The fraction of sp³-hybridized carbons (Fsp3) is 0.233. The summed E-state index contributed by atoms with van der Waals surface area (Å²) in [5, 5.41) is 10.5. The molecule has 0 fully saturated rings. The number of nitrogens with two attached hydrogens (primary N) is 3. The number of amides is 2. The van der Waals surface area contributed by atoms with Crippen LogP contribution in [0, 0.1) is 0 Å². The van der Waals surface area contributed by atoms with Crippen molar-refractivity contribution in [1.82, 2.24) is 9.88 Å². The van der Waals surface area contributed by atoms with Crippen molar-refractivity contribution in [1.29, 1.82) is 0 Å². The molecule has 0 unspecified atom stereocenters. The lowest BCUT2D eigenvalue weighted by Gasteiger charge is -2.29. The van der Waals surface area contributed by atoms with Crippen molar-refractivity contribution in [3.8, 4) is 11.5 Å². The summed E-state index contributed by atoms with van der Waals surface area (Å²) >= 11 is 0. The fourth-order valence-corrected chi connectivity index (χ4v) is 4.47. The lowest BCUT2D eigenvalue weighted by molar-refractivity contribution is -0.122. The Morgan fingerprint density at radius 3 is 2.40 bits per heavy atom. The number of aliphatic imine (C=N–C) groups is 1. The number of primary amides is 1. The summed E-state index contributed by atoms with van der Waals surface area (Å²) < 4.78 is 5.95. The highest BCUT2D eigenvalue weighted by atomic mass is 16.5. The van der Waals surface area contributed by atoms with Crippen LogP contribution in [0.4, 0.5) is 0 Å². The number of carbonyl (C=O) groups is 2. The van der Waals surface area contributed by atoms with Gasteiger partial charge in [-0.2, -0.15) is 0 Å². The summed E-state index contributed by atoms with van der Waals surface area (Å²) in [6, 6.07) is 22.9. The molecule has 0 saturated heterocycles. The van der Waals surface area contributed by atoms with Crippen molar-refractivity contribution >= 4 is 28.7 Å². The smallest absolute Gasteiger partial charge is 0.271 e. The summed E-state index contributed by atoms with van der Waals surface area (Å²) in [6.45, 7) is 0.928. The first-order valence-electron chi connectivity index (χ1n) is 13.0. The number of nitrogens with one attached hydrogen (secondary N) is 1. The number of aromatic hydroxyl groups is 1. The number of ether oxygens (including phenoxy) is 1. The molecule has 0 aliphatic heterocycles. The molecule has 0 saturated carbocycles. The van der Waals surface area contributed by atoms with Crippen LogP contribution >= 0.6 is 0 Å². The van der Waals surface area contributed by atoms with Crippen LogP contribution in [0.3, 0.4) is 0 Å². The van der Waals surface area contributed by atoms with Gasteiger partial charge in [-0.3, -0.25) is 14.6 Å². The zero-order valence-corrected chi connectivity index (χ0v) is 22.1. The predicted molar refractivity (Wildman–Crippen MR) is 155 cm³/mol. The molecule has 3 aromatic carbocycles. The Morgan fingerprint density at radius 2 is 1.70 bits per heavy atom.